The molecule has 0 aromatic heterocycles. The number of hydrogen-bond donors (Lipinski definition) is 0. The molecule has 0 fully saturated rings. The second-order valence-corrected chi connectivity index (χ2v) is 6.04. The first-order valence-electron chi connectivity index (χ1n) is 9.37. The zero-order valence-electron chi connectivity index (χ0n) is 14.7. The van der Waals surface area contributed by atoms with Gasteiger partial charge in [-0.1, -0.05) is 76.9 Å². The number of ether oxygens (including phenoxy) is 1. The van der Waals surface area contributed by atoms with Gasteiger partial charge in [-0.3, -0.25) is 0 Å². The van der Waals surface area contributed by atoms with Crippen LogP contribution in [0, 0.1) is 0 Å². The van der Waals surface area contributed by atoms with Gasteiger partial charge in [-0.25, -0.2) is 4.79 Å². The highest BCUT2D eigenvalue weighted by atomic mass is 16.5. The first-order valence-corrected chi connectivity index (χ1v) is 9.37. The molecule has 0 saturated heterocycles. The van der Waals surface area contributed by atoms with E-state index in [9.17, 15) is 4.79 Å². The molecule has 128 valence electrons. The van der Waals surface area contributed by atoms with Crippen LogP contribution < -0.4 is 0 Å². The fourth-order valence-corrected chi connectivity index (χ4v) is 2.53. The molecule has 0 aliphatic rings. The van der Waals surface area contributed by atoms with Crippen molar-refractivity contribution in [2.24, 2.45) is 0 Å². The van der Waals surface area contributed by atoms with Gasteiger partial charge in [0, 0.05) is 0 Å². The van der Waals surface area contributed by atoms with Crippen molar-refractivity contribution in [2.75, 3.05) is 6.61 Å². The molecule has 0 heterocycles. The van der Waals surface area contributed by atoms with E-state index >= 15 is 0 Å². The fourth-order valence-electron chi connectivity index (χ4n) is 2.53. The largest absolute Gasteiger partial charge is 0.490 e. The van der Waals surface area contributed by atoms with Gasteiger partial charge in [0.2, 0.25) is 0 Å². The first-order chi connectivity index (χ1) is 10.9. The Kier molecular flexibility index (Phi) is 19.1. The van der Waals surface area contributed by atoms with Gasteiger partial charge in [0.25, 0.3) is 0 Å². The van der Waals surface area contributed by atoms with Gasteiger partial charge in [0.1, 0.15) is 0 Å². The van der Waals surface area contributed by atoms with Gasteiger partial charge in [-0.2, -0.15) is 0 Å². The Hall–Kier alpha value is -1.01. The minimum absolute atomic E-state index is 0.649. The molecule has 0 aromatic carbocycles. The van der Waals surface area contributed by atoms with Crippen LogP contribution in [0.2, 0.25) is 0 Å². The van der Waals surface area contributed by atoms with E-state index in [0.29, 0.717) is 6.61 Å². The number of allylic oxidation sites excluding steroid dienone is 2. The van der Waals surface area contributed by atoms with Crippen LogP contribution in [-0.2, 0) is 9.53 Å². The number of unbranched alkanes of at least 4 members (excludes halogenated alkanes) is 12. The Morgan fingerprint density at radius 1 is 0.727 bits per heavy atom. The highest BCUT2D eigenvalue weighted by molar-refractivity contribution is 5.42. The molecule has 0 atom stereocenters. The third kappa shape index (κ3) is 19.0. The summed E-state index contributed by atoms with van der Waals surface area (Å²) in [6.07, 6.45) is 24.2. The molecule has 0 rings (SSSR count). The number of hydrogen-bond acceptors (Lipinski definition) is 2. The zero-order valence-corrected chi connectivity index (χ0v) is 14.7. The highest BCUT2D eigenvalue weighted by Crippen LogP contribution is 2.09. The molecule has 0 spiro atoms. The van der Waals surface area contributed by atoms with Crippen LogP contribution in [0.4, 0.5) is 0 Å². The van der Waals surface area contributed by atoms with E-state index < -0.39 is 0 Å². The molecule has 0 N–H and O–H groups in total. The fraction of sp³-hybridized carbons (Fsp3) is 0.800. The van der Waals surface area contributed by atoms with Crippen molar-refractivity contribution in [1.82, 2.24) is 0 Å². The lowest BCUT2D eigenvalue weighted by molar-refractivity contribution is 0.242. The maximum absolute atomic E-state index is 9.87. The average molecular weight is 309 g/mol. The van der Waals surface area contributed by atoms with Crippen LogP contribution in [-0.4, -0.2) is 12.5 Å². The van der Waals surface area contributed by atoms with Gasteiger partial charge in [0.15, 0.2) is 12.2 Å². The van der Waals surface area contributed by atoms with Crippen LogP contribution in [0.25, 0.3) is 0 Å². The average Bonchev–Trinajstić information content (AvgIpc) is 2.54. The van der Waals surface area contributed by atoms with Gasteiger partial charge in [-0.05, 0) is 32.1 Å². The van der Waals surface area contributed by atoms with Crippen LogP contribution >= 0.6 is 0 Å². The summed E-state index contributed by atoms with van der Waals surface area (Å²) >= 11 is 0. The summed E-state index contributed by atoms with van der Waals surface area (Å²) in [5.74, 6) is 1.62. The molecule has 2 heteroatoms. The van der Waals surface area contributed by atoms with E-state index in [0.717, 1.165) is 12.7 Å². The van der Waals surface area contributed by atoms with Crippen molar-refractivity contribution in [2.45, 2.75) is 96.8 Å². The van der Waals surface area contributed by atoms with Gasteiger partial charge in [0.05, 0.1) is 6.61 Å². The van der Waals surface area contributed by atoms with Gasteiger partial charge >= 0.3 is 0 Å². The highest BCUT2D eigenvalue weighted by Gasteiger charge is 1.91. The van der Waals surface area contributed by atoms with Crippen LogP contribution in [0.3, 0.4) is 0 Å². The van der Waals surface area contributed by atoms with Crippen LogP contribution in [0.1, 0.15) is 96.8 Å². The van der Waals surface area contributed by atoms with Crippen LogP contribution in [0.5, 0.6) is 0 Å². The zero-order chi connectivity index (χ0) is 16.1. The number of rotatable bonds is 17. The minimum atomic E-state index is 0.649. The smallest absolute Gasteiger partial charge is 0.166 e. The van der Waals surface area contributed by atoms with Crippen LogP contribution in [0.15, 0.2) is 18.4 Å². The summed E-state index contributed by atoms with van der Waals surface area (Å²) < 4.78 is 4.94. The van der Waals surface area contributed by atoms with Crippen molar-refractivity contribution in [3.63, 3.8) is 0 Å². The summed E-state index contributed by atoms with van der Waals surface area (Å²) in [5.41, 5.74) is 0. The lowest BCUT2D eigenvalue weighted by atomic mass is 10.1. The lowest BCUT2D eigenvalue weighted by Crippen LogP contribution is -1.88. The van der Waals surface area contributed by atoms with E-state index in [4.69, 9.17) is 4.74 Å². The third-order valence-electron chi connectivity index (χ3n) is 3.91. The van der Waals surface area contributed by atoms with E-state index in [1.807, 2.05) is 0 Å². The first kappa shape index (κ1) is 21.0. The standard InChI is InChI=1S/C20H36O2/c1-2-3-4-5-6-7-8-9-10-11-12-13-14-15-16-17-19-22-20-18-21/h9-10,20H,2-8,11-17,19H2,1H3. The molecule has 0 amide bonds. The van der Waals surface area contributed by atoms with E-state index in [-0.39, 0.29) is 0 Å². The van der Waals surface area contributed by atoms with E-state index in [1.54, 1.807) is 5.94 Å². The predicted molar refractivity (Wildman–Crippen MR) is 95.7 cm³/mol. The molecule has 0 radical (unpaired) electrons. The molecule has 0 aromatic rings. The van der Waals surface area contributed by atoms with Crippen molar-refractivity contribution < 1.29 is 9.53 Å². The summed E-state index contributed by atoms with van der Waals surface area (Å²) in [5, 5.41) is 0. The maximum Gasteiger partial charge on any atom is 0.166 e. The molecular formula is C20H36O2. The Labute approximate surface area is 138 Å². The monoisotopic (exact) mass is 308 g/mol. The van der Waals surface area contributed by atoms with E-state index in [2.05, 4.69) is 19.1 Å². The quantitative estimate of drug-likeness (QED) is 0.135. The molecular weight excluding hydrogens is 272 g/mol. The summed E-state index contributed by atoms with van der Waals surface area (Å²) in [4.78, 5) is 9.87. The molecule has 0 aliphatic carbocycles. The number of carbonyl (C=O) groups excluding carboxylic acids is 1. The minimum Gasteiger partial charge on any atom is -0.490 e. The topological polar surface area (TPSA) is 26.3 Å². The summed E-state index contributed by atoms with van der Waals surface area (Å²) in [6.45, 7) is 2.92. The van der Waals surface area contributed by atoms with Crippen molar-refractivity contribution in [3.8, 4) is 0 Å². The predicted octanol–water partition coefficient (Wildman–Crippen LogP) is 6.39. The SMILES string of the molecule is CCCCCCCCC=CCCCCCCCCOC=C=O. The molecule has 0 bridgehead atoms. The lowest BCUT2D eigenvalue weighted by Gasteiger charge is -2.01. The Morgan fingerprint density at radius 3 is 1.77 bits per heavy atom. The Morgan fingerprint density at radius 2 is 1.23 bits per heavy atom. The molecule has 0 unspecified atom stereocenters. The van der Waals surface area contributed by atoms with Crippen molar-refractivity contribution in [3.05, 3.63) is 18.4 Å². The van der Waals surface area contributed by atoms with E-state index in [1.165, 1.54) is 83.5 Å². The molecule has 0 saturated carbocycles. The second kappa shape index (κ2) is 20.0. The molecule has 0 aliphatic heterocycles. The summed E-state index contributed by atoms with van der Waals surface area (Å²) in [7, 11) is 0. The van der Waals surface area contributed by atoms with Crippen molar-refractivity contribution in [1.29, 1.82) is 0 Å². The molecule has 2 nitrogen and oxygen atoms in total. The second-order valence-electron chi connectivity index (χ2n) is 6.04. The maximum atomic E-state index is 9.87. The Bertz CT molecular complexity index is 277. The van der Waals surface area contributed by atoms with Gasteiger partial charge in [-0.15, -0.1) is 0 Å². The Balaban J connectivity index is 3.06. The third-order valence-corrected chi connectivity index (χ3v) is 3.91. The normalized spacial score (nSPS) is 10.8. The molecule has 22 heavy (non-hydrogen) atoms. The van der Waals surface area contributed by atoms with Crippen molar-refractivity contribution >= 4 is 5.94 Å². The van der Waals surface area contributed by atoms with Gasteiger partial charge < -0.3 is 4.74 Å². The summed E-state index contributed by atoms with van der Waals surface area (Å²) in [6, 6.07) is 0.